The lowest BCUT2D eigenvalue weighted by atomic mass is 10.4. The van der Waals surface area contributed by atoms with E-state index in [0.29, 0.717) is 4.91 Å². The zero-order valence-electron chi connectivity index (χ0n) is 6.11. The number of rotatable bonds is 1. The van der Waals surface area contributed by atoms with Crippen molar-refractivity contribution in [3.8, 4) is 0 Å². The largest absolute Gasteiger partial charge is 0.429 e. The van der Waals surface area contributed by atoms with Gasteiger partial charge in [0.15, 0.2) is 0 Å². The standard InChI is InChI=1S/C6H8F3NS/c1-4(11)3-10-5(2)6(7,8)9/h3,11H,1-2H3/b4-3-,10-5?. The predicted octanol–water partition coefficient (Wildman–Crippen LogP) is 2.80. The second-order valence-corrected chi connectivity index (χ2v) is 2.69. The van der Waals surface area contributed by atoms with E-state index in [1.807, 2.05) is 0 Å². The summed E-state index contributed by atoms with van der Waals surface area (Å²) < 4.78 is 35.1. The van der Waals surface area contributed by atoms with Crippen molar-refractivity contribution in [3.63, 3.8) is 0 Å². The minimum atomic E-state index is -4.33. The van der Waals surface area contributed by atoms with Gasteiger partial charge in [0.2, 0.25) is 0 Å². The smallest absolute Gasteiger partial charge is 0.256 e. The third-order valence-electron chi connectivity index (χ3n) is 0.855. The van der Waals surface area contributed by atoms with Gasteiger partial charge >= 0.3 is 6.18 Å². The molecular weight excluding hydrogens is 175 g/mol. The average Bonchev–Trinajstić information content (AvgIpc) is 1.80. The number of alkyl halides is 3. The fourth-order valence-electron chi connectivity index (χ4n) is 0.263. The molecule has 0 aromatic carbocycles. The first-order valence-electron chi connectivity index (χ1n) is 2.81. The molecule has 0 atom stereocenters. The van der Waals surface area contributed by atoms with E-state index >= 15 is 0 Å². The van der Waals surface area contributed by atoms with Crippen LogP contribution in [0.1, 0.15) is 13.8 Å². The van der Waals surface area contributed by atoms with Crippen molar-refractivity contribution in [3.05, 3.63) is 11.1 Å². The van der Waals surface area contributed by atoms with Crippen LogP contribution in [0.4, 0.5) is 13.2 Å². The number of nitrogens with zero attached hydrogens (tertiary/aromatic N) is 1. The van der Waals surface area contributed by atoms with Gasteiger partial charge in [0.1, 0.15) is 5.71 Å². The lowest BCUT2D eigenvalue weighted by Gasteiger charge is -2.02. The molecule has 11 heavy (non-hydrogen) atoms. The van der Waals surface area contributed by atoms with Crippen LogP contribution in [-0.4, -0.2) is 11.9 Å². The van der Waals surface area contributed by atoms with Gasteiger partial charge in [0.05, 0.1) is 0 Å². The zero-order chi connectivity index (χ0) is 9.07. The summed E-state index contributed by atoms with van der Waals surface area (Å²) in [5, 5.41) is 0. The molecule has 0 spiro atoms. The van der Waals surface area contributed by atoms with Crippen LogP contribution < -0.4 is 0 Å². The number of aliphatic imine (C=N–C) groups is 1. The Morgan fingerprint density at radius 3 is 2.09 bits per heavy atom. The third kappa shape index (κ3) is 4.89. The van der Waals surface area contributed by atoms with Crippen LogP contribution in [0, 0.1) is 0 Å². The van der Waals surface area contributed by atoms with Gasteiger partial charge in [-0.1, -0.05) is 0 Å². The molecule has 0 heterocycles. The second kappa shape index (κ2) is 3.80. The fourth-order valence-corrected chi connectivity index (χ4v) is 0.321. The molecule has 1 nitrogen and oxygen atoms in total. The molecular formula is C6H8F3NS. The van der Waals surface area contributed by atoms with Crippen LogP contribution in [0.3, 0.4) is 0 Å². The first-order valence-corrected chi connectivity index (χ1v) is 3.26. The minimum Gasteiger partial charge on any atom is -0.256 e. The van der Waals surface area contributed by atoms with E-state index in [4.69, 9.17) is 0 Å². The van der Waals surface area contributed by atoms with E-state index in [9.17, 15) is 13.2 Å². The highest BCUT2D eigenvalue weighted by Gasteiger charge is 2.31. The summed E-state index contributed by atoms with van der Waals surface area (Å²) in [4.78, 5) is 3.59. The number of hydrogen-bond acceptors (Lipinski definition) is 2. The SMILES string of the molecule is CC(=N/C=C(/C)S)C(F)(F)F. The van der Waals surface area contributed by atoms with E-state index < -0.39 is 11.9 Å². The van der Waals surface area contributed by atoms with E-state index in [-0.39, 0.29) is 0 Å². The number of halogens is 3. The van der Waals surface area contributed by atoms with Crippen LogP contribution in [0.2, 0.25) is 0 Å². The molecule has 0 bridgehead atoms. The van der Waals surface area contributed by atoms with Gasteiger partial charge < -0.3 is 0 Å². The molecule has 64 valence electrons. The topological polar surface area (TPSA) is 12.4 Å². The van der Waals surface area contributed by atoms with Gasteiger partial charge in [-0.25, -0.2) is 0 Å². The van der Waals surface area contributed by atoms with Crippen LogP contribution in [0.25, 0.3) is 0 Å². The van der Waals surface area contributed by atoms with Crippen LogP contribution in [0.15, 0.2) is 16.1 Å². The Hall–Kier alpha value is -0.450. The monoisotopic (exact) mass is 183 g/mol. The second-order valence-electron chi connectivity index (χ2n) is 1.98. The lowest BCUT2D eigenvalue weighted by molar-refractivity contribution is -0.0591. The quantitative estimate of drug-likeness (QED) is 0.474. The number of hydrogen-bond donors (Lipinski definition) is 1. The molecule has 0 aliphatic heterocycles. The third-order valence-corrected chi connectivity index (χ3v) is 0.971. The van der Waals surface area contributed by atoms with Crippen molar-refractivity contribution in [2.75, 3.05) is 0 Å². The molecule has 0 fully saturated rings. The Morgan fingerprint density at radius 2 is 1.82 bits per heavy atom. The molecule has 0 aromatic rings. The maximum Gasteiger partial charge on any atom is 0.429 e. The Bertz CT molecular complexity index is 188. The van der Waals surface area contributed by atoms with E-state index in [0.717, 1.165) is 13.1 Å². The van der Waals surface area contributed by atoms with Gasteiger partial charge in [-0.2, -0.15) is 13.2 Å². The van der Waals surface area contributed by atoms with Crippen molar-refractivity contribution in [1.29, 1.82) is 0 Å². The van der Waals surface area contributed by atoms with Crippen molar-refractivity contribution in [2.24, 2.45) is 4.99 Å². The molecule has 0 aliphatic carbocycles. The molecule has 5 heteroatoms. The van der Waals surface area contributed by atoms with E-state index in [1.54, 1.807) is 6.92 Å². The Balaban J connectivity index is 4.36. The highest BCUT2D eigenvalue weighted by molar-refractivity contribution is 7.84. The van der Waals surface area contributed by atoms with Crippen molar-refractivity contribution in [1.82, 2.24) is 0 Å². The zero-order valence-corrected chi connectivity index (χ0v) is 7.00. The molecule has 0 unspecified atom stereocenters. The maximum absolute atomic E-state index is 11.7. The summed E-state index contributed by atoms with van der Waals surface area (Å²) in [7, 11) is 0. The lowest BCUT2D eigenvalue weighted by Crippen LogP contribution is -2.18. The Labute approximate surface area is 68.4 Å². The average molecular weight is 183 g/mol. The molecule has 0 radical (unpaired) electrons. The Kier molecular flexibility index (Phi) is 3.65. The summed E-state index contributed by atoms with van der Waals surface area (Å²) in [5.74, 6) is 0. The summed E-state index contributed by atoms with van der Waals surface area (Å²) in [5.41, 5.74) is -0.870. The van der Waals surface area contributed by atoms with Gasteiger partial charge in [0, 0.05) is 6.20 Å². The predicted molar refractivity (Wildman–Crippen MR) is 41.9 cm³/mol. The molecule has 0 rings (SSSR count). The number of thiol groups is 1. The van der Waals surface area contributed by atoms with Gasteiger partial charge in [0.25, 0.3) is 0 Å². The van der Waals surface area contributed by atoms with Crippen molar-refractivity contribution in [2.45, 2.75) is 20.0 Å². The van der Waals surface area contributed by atoms with Gasteiger partial charge in [-0.3, -0.25) is 4.99 Å². The van der Waals surface area contributed by atoms with Crippen molar-refractivity contribution < 1.29 is 13.2 Å². The summed E-state index contributed by atoms with van der Waals surface area (Å²) in [6.07, 6.45) is -3.27. The van der Waals surface area contributed by atoms with Crippen LogP contribution >= 0.6 is 12.6 Å². The Morgan fingerprint density at radius 1 is 1.36 bits per heavy atom. The highest BCUT2D eigenvalue weighted by Crippen LogP contribution is 2.17. The molecule has 0 aliphatic rings. The fraction of sp³-hybridized carbons (Fsp3) is 0.500. The van der Waals surface area contributed by atoms with Crippen LogP contribution in [-0.2, 0) is 0 Å². The van der Waals surface area contributed by atoms with Crippen molar-refractivity contribution >= 4 is 18.3 Å². The first-order chi connectivity index (χ1) is 4.84. The molecule has 0 saturated heterocycles. The summed E-state index contributed by atoms with van der Waals surface area (Å²) in [6, 6.07) is 0. The maximum atomic E-state index is 11.7. The minimum absolute atomic E-state index is 0.439. The molecule has 0 aromatic heterocycles. The van der Waals surface area contributed by atoms with Gasteiger partial charge in [-0.15, -0.1) is 12.6 Å². The van der Waals surface area contributed by atoms with Crippen LogP contribution in [0.5, 0.6) is 0 Å². The molecule has 0 amide bonds. The normalized spacial score (nSPS) is 15.5. The number of allylic oxidation sites excluding steroid dienone is 1. The van der Waals surface area contributed by atoms with E-state index in [2.05, 4.69) is 17.6 Å². The highest BCUT2D eigenvalue weighted by atomic mass is 32.1. The summed E-state index contributed by atoms with van der Waals surface area (Å²) in [6.45, 7) is 2.46. The van der Waals surface area contributed by atoms with Gasteiger partial charge in [-0.05, 0) is 18.8 Å². The molecule has 0 saturated carbocycles. The summed E-state index contributed by atoms with van der Waals surface area (Å²) >= 11 is 3.76. The first kappa shape index (κ1) is 10.6. The van der Waals surface area contributed by atoms with E-state index in [1.165, 1.54) is 0 Å². The molecule has 0 N–H and O–H groups in total.